The van der Waals surface area contributed by atoms with Crippen LogP contribution in [0.3, 0.4) is 0 Å². The zero-order valence-electron chi connectivity index (χ0n) is 16.1. The Labute approximate surface area is 164 Å². The molecule has 0 aromatic carbocycles. The first kappa shape index (κ1) is 18.7. The second kappa shape index (κ2) is 8.16. The molecule has 8 heteroatoms. The summed E-state index contributed by atoms with van der Waals surface area (Å²) < 4.78 is 3.96. The van der Waals surface area contributed by atoms with E-state index in [0.29, 0.717) is 24.7 Å². The summed E-state index contributed by atoms with van der Waals surface area (Å²) in [7, 11) is 0. The van der Waals surface area contributed by atoms with E-state index in [4.69, 9.17) is 10.7 Å². The molecule has 0 spiro atoms. The lowest BCUT2D eigenvalue weighted by atomic mass is 9.88. The minimum absolute atomic E-state index is 0.00758. The zero-order chi connectivity index (χ0) is 19.5. The molecule has 0 bridgehead atoms. The van der Waals surface area contributed by atoms with E-state index in [1.54, 1.807) is 16.9 Å². The molecule has 2 aromatic heterocycles. The van der Waals surface area contributed by atoms with Crippen LogP contribution in [0.4, 0.5) is 5.82 Å². The third kappa shape index (κ3) is 4.10. The monoisotopic (exact) mass is 384 g/mol. The molecule has 4 rings (SSSR count). The van der Waals surface area contributed by atoms with Gasteiger partial charge >= 0.3 is 0 Å². The van der Waals surface area contributed by atoms with Crippen LogP contribution < -0.4 is 11.1 Å². The molecule has 1 aliphatic carbocycles. The molecule has 28 heavy (non-hydrogen) atoms. The standard InChI is InChI=1S/C20H28N6O2/c21-17(27)7-9-25-10-8-18(24-25)23-20(28)15-6-11-26-16(12-15)13-22-19(26)14-4-2-1-3-5-14/h8,10,13-15H,1-7,9,11-12H2,(H2,21,27)(H,23,24,28). The van der Waals surface area contributed by atoms with E-state index >= 15 is 0 Å². The molecule has 8 nitrogen and oxygen atoms in total. The number of carbonyl (C=O) groups excluding carboxylic acids is 2. The fourth-order valence-electron chi connectivity index (χ4n) is 4.40. The first-order valence-corrected chi connectivity index (χ1v) is 10.3. The van der Waals surface area contributed by atoms with E-state index in [0.717, 1.165) is 13.0 Å². The molecule has 3 heterocycles. The summed E-state index contributed by atoms with van der Waals surface area (Å²) in [6.45, 7) is 1.27. The van der Waals surface area contributed by atoms with Crippen molar-refractivity contribution in [3.63, 3.8) is 0 Å². The highest BCUT2D eigenvalue weighted by Gasteiger charge is 2.29. The summed E-state index contributed by atoms with van der Waals surface area (Å²) >= 11 is 0. The molecular weight excluding hydrogens is 356 g/mol. The lowest BCUT2D eigenvalue weighted by Crippen LogP contribution is -2.31. The van der Waals surface area contributed by atoms with E-state index in [9.17, 15) is 9.59 Å². The summed E-state index contributed by atoms with van der Waals surface area (Å²) in [6.07, 6.45) is 11.9. The van der Waals surface area contributed by atoms with Gasteiger partial charge in [-0.15, -0.1) is 0 Å². The lowest BCUT2D eigenvalue weighted by Gasteiger charge is -2.27. The Morgan fingerprint density at radius 2 is 2.04 bits per heavy atom. The Balaban J connectivity index is 1.36. The number of carbonyl (C=O) groups is 2. The van der Waals surface area contributed by atoms with Crippen molar-refractivity contribution < 1.29 is 9.59 Å². The largest absolute Gasteiger partial charge is 0.370 e. The fraction of sp³-hybridized carbons (Fsp3) is 0.600. The van der Waals surface area contributed by atoms with Crippen molar-refractivity contribution >= 4 is 17.6 Å². The summed E-state index contributed by atoms with van der Waals surface area (Å²) in [5.41, 5.74) is 6.32. The van der Waals surface area contributed by atoms with Crippen molar-refractivity contribution in [3.8, 4) is 0 Å². The predicted octanol–water partition coefficient (Wildman–Crippen LogP) is 2.20. The second-order valence-corrected chi connectivity index (χ2v) is 7.95. The Bertz CT molecular complexity index is 849. The molecule has 1 aliphatic heterocycles. The van der Waals surface area contributed by atoms with Crippen LogP contribution in [0.2, 0.25) is 0 Å². The predicted molar refractivity (Wildman–Crippen MR) is 105 cm³/mol. The van der Waals surface area contributed by atoms with E-state index in [-0.39, 0.29) is 24.2 Å². The first-order valence-electron chi connectivity index (χ1n) is 10.3. The molecule has 1 atom stereocenters. The quantitative estimate of drug-likeness (QED) is 0.796. The number of nitrogens with one attached hydrogen (secondary N) is 1. The molecule has 2 aliphatic rings. The molecule has 0 saturated heterocycles. The number of hydrogen-bond donors (Lipinski definition) is 2. The molecule has 1 fully saturated rings. The molecule has 150 valence electrons. The number of nitrogens with zero attached hydrogens (tertiary/aromatic N) is 4. The van der Waals surface area contributed by atoms with Crippen molar-refractivity contribution in [2.45, 2.75) is 70.4 Å². The Hall–Kier alpha value is -2.64. The topological polar surface area (TPSA) is 108 Å². The van der Waals surface area contributed by atoms with Gasteiger partial charge in [0.15, 0.2) is 5.82 Å². The molecular formula is C20H28N6O2. The highest BCUT2D eigenvalue weighted by atomic mass is 16.2. The van der Waals surface area contributed by atoms with Gasteiger partial charge in [-0.1, -0.05) is 19.3 Å². The van der Waals surface area contributed by atoms with E-state index in [1.165, 1.54) is 43.6 Å². The van der Waals surface area contributed by atoms with E-state index in [2.05, 4.69) is 15.0 Å². The van der Waals surface area contributed by atoms with Gasteiger partial charge in [-0.2, -0.15) is 5.10 Å². The number of amides is 2. The van der Waals surface area contributed by atoms with Crippen molar-refractivity contribution in [1.82, 2.24) is 19.3 Å². The number of primary amides is 1. The number of aryl methyl sites for hydroxylation is 1. The van der Waals surface area contributed by atoms with Crippen LogP contribution >= 0.6 is 0 Å². The van der Waals surface area contributed by atoms with Crippen molar-refractivity contribution in [3.05, 3.63) is 30.0 Å². The number of anilines is 1. The van der Waals surface area contributed by atoms with Gasteiger partial charge in [-0.25, -0.2) is 4.98 Å². The van der Waals surface area contributed by atoms with Gasteiger partial charge in [0.1, 0.15) is 5.82 Å². The van der Waals surface area contributed by atoms with Gasteiger partial charge in [0.05, 0.1) is 0 Å². The van der Waals surface area contributed by atoms with Gasteiger partial charge < -0.3 is 15.6 Å². The van der Waals surface area contributed by atoms with Gasteiger partial charge in [0.25, 0.3) is 0 Å². The average Bonchev–Trinajstić information content (AvgIpc) is 3.33. The average molecular weight is 384 g/mol. The van der Waals surface area contributed by atoms with Crippen LogP contribution in [0, 0.1) is 5.92 Å². The van der Waals surface area contributed by atoms with Gasteiger partial charge in [-0.05, 0) is 19.3 Å². The van der Waals surface area contributed by atoms with Gasteiger partial charge in [0, 0.05) is 61.9 Å². The van der Waals surface area contributed by atoms with Gasteiger partial charge in [-0.3, -0.25) is 14.3 Å². The fourth-order valence-corrected chi connectivity index (χ4v) is 4.40. The molecule has 1 saturated carbocycles. The maximum Gasteiger partial charge on any atom is 0.229 e. The number of imidazole rings is 1. The van der Waals surface area contributed by atoms with Crippen LogP contribution in [0.5, 0.6) is 0 Å². The zero-order valence-corrected chi connectivity index (χ0v) is 16.1. The van der Waals surface area contributed by atoms with Crippen LogP contribution in [0.15, 0.2) is 18.5 Å². The molecule has 2 amide bonds. The van der Waals surface area contributed by atoms with Crippen molar-refractivity contribution in [2.24, 2.45) is 11.7 Å². The Morgan fingerprint density at radius 1 is 1.21 bits per heavy atom. The van der Waals surface area contributed by atoms with Crippen LogP contribution in [-0.4, -0.2) is 31.1 Å². The lowest BCUT2D eigenvalue weighted by molar-refractivity contribution is -0.120. The maximum absolute atomic E-state index is 12.7. The number of nitrogens with two attached hydrogens (primary N) is 1. The minimum atomic E-state index is -0.368. The summed E-state index contributed by atoms with van der Waals surface area (Å²) in [5.74, 6) is 1.87. The van der Waals surface area contributed by atoms with Crippen LogP contribution in [0.25, 0.3) is 0 Å². The van der Waals surface area contributed by atoms with Gasteiger partial charge in [0.2, 0.25) is 11.8 Å². The highest BCUT2D eigenvalue weighted by molar-refractivity contribution is 5.91. The summed E-state index contributed by atoms with van der Waals surface area (Å²) in [6, 6.07) is 1.74. The van der Waals surface area contributed by atoms with Crippen LogP contribution in [0.1, 0.15) is 62.4 Å². The Morgan fingerprint density at radius 3 is 2.82 bits per heavy atom. The van der Waals surface area contributed by atoms with E-state index < -0.39 is 0 Å². The molecule has 0 radical (unpaired) electrons. The molecule has 3 N–H and O–H groups in total. The number of fused-ring (bicyclic) bond motifs is 1. The molecule has 1 unspecified atom stereocenters. The number of rotatable bonds is 6. The van der Waals surface area contributed by atoms with Crippen molar-refractivity contribution in [2.75, 3.05) is 5.32 Å². The van der Waals surface area contributed by atoms with Crippen LogP contribution in [-0.2, 0) is 29.1 Å². The third-order valence-electron chi connectivity index (χ3n) is 5.95. The Kier molecular flexibility index (Phi) is 5.45. The van der Waals surface area contributed by atoms with Crippen molar-refractivity contribution in [1.29, 1.82) is 0 Å². The maximum atomic E-state index is 12.7. The minimum Gasteiger partial charge on any atom is -0.370 e. The van der Waals surface area contributed by atoms with E-state index in [1.807, 2.05) is 6.20 Å². The second-order valence-electron chi connectivity index (χ2n) is 7.95. The summed E-state index contributed by atoms with van der Waals surface area (Å²) in [4.78, 5) is 28.3. The summed E-state index contributed by atoms with van der Waals surface area (Å²) in [5, 5.41) is 7.19. The molecule has 2 aromatic rings. The number of hydrogen-bond acceptors (Lipinski definition) is 4. The highest BCUT2D eigenvalue weighted by Crippen LogP contribution is 2.34. The normalized spacial score (nSPS) is 19.9. The SMILES string of the molecule is NC(=O)CCn1ccc(NC(=O)C2CCn3c(cnc3C3CCCCC3)C2)n1. The number of aromatic nitrogens is 4. The smallest absolute Gasteiger partial charge is 0.229 e. The third-order valence-corrected chi connectivity index (χ3v) is 5.95. The first-order chi connectivity index (χ1) is 13.6.